The van der Waals surface area contributed by atoms with Gasteiger partial charge >= 0.3 is 5.97 Å². The van der Waals surface area contributed by atoms with Crippen LogP contribution in [0.2, 0.25) is 0 Å². The van der Waals surface area contributed by atoms with Crippen molar-refractivity contribution in [3.63, 3.8) is 0 Å². The fourth-order valence-corrected chi connectivity index (χ4v) is 1.72. The van der Waals surface area contributed by atoms with Gasteiger partial charge in [-0.3, -0.25) is 9.59 Å². The van der Waals surface area contributed by atoms with E-state index >= 15 is 0 Å². The van der Waals surface area contributed by atoms with Gasteiger partial charge in [-0.15, -0.1) is 0 Å². The number of rotatable bonds is 6. The van der Waals surface area contributed by atoms with Crippen LogP contribution in [0.4, 0.5) is 5.69 Å². The molecule has 0 saturated carbocycles. The largest absolute Gasteiger partial charge is 0.481 e. The molecule has 0 heterocycles. The van der Waals surface area contributed by atoms with Crippen LogP contribution in [-0.2, 0) is 9.59 Å². The maximum atomic E-state index is 11.5. The average molecular weight is 300 g/mol. The van der Waals surface area contributed by atoms with Crippen molar-refractivity contribution in [2.75, 3.05) is 5.32 Å². The van der Waals surface area contributed by atoms with Crippen LogP contribution >= 0.6 is 15.9 Å². The lowest BCUT2D eigenvalue weighted by Gasteiger charge is -2.06. The third kappa shape index (κ3) is 5.49. The second kappa shape index (κ2) is 7.06. The molecule has 0 aliphatic heterocycles. The van der Waals surface area contributed by atoms with Gasteiger partial charge < -0.3 is 10.4 Å². The lowest BCUT2D eigenvalue weighted by Crippen LogP contribution is -2.11. The van der Waals surface area contributed by atoms with Crippen LogP contribution < -0.4 is 5.32 Å². The van der Waals surface area contributed by atoms with E-state index in [-0.39, 0.29) is 12.3 Å². The molecule has 0 unspecified atom stereocenters. The summed E-state index contributed by atoms with van der Waals surface area (Å²) >= 11 is 3.33. The zero-order chi connectivity index (χ0) is 12.7. The highest BCUT2D eigenvalue weighted by Gasteiger charge is 2.05. The molecule has 0 fully saturated rings. The lowest BCUT2D eigenvalue weighted by molar-refractivity contribution is -0.137. The summed E-state index contributed by atoms with van der Waals surface area (Å²) in [6, 6.07) is 7.36. The smallest absolute Gasteiger partial charge is 0.303 e. The Balaban J connectivity index is 2.30. The Morgan fingerprint density at radius 1 is 1.18 bits per heavy atom. The molecule has 1 aromatic rings. The van der Waals surface area contributed by atoms with Gasteiger partial charge in [-0.1, -0.05) is 12.1 Å². The number of halogens is 1. The monoisotopic (exact) mass is 299 g/mol. The molecule has 1 rings (SSSR count). The number of hydrogen-bond donors (Lipinski definition) is 2. The van der Waals surface area contributed by atoms with Crippen LogP contribution in [0.1, 0.15) is 25.7 Å². The molecule has 5 heteroatoms. The van der Waals surface area contributed by atoms with Gasteiger partial charge in [0.15, 0.2) is 0 Å². The molecule has 0 atom stereocenters. The van der Waals surface area contributed by atoms with E-state index in [2.05, 4.69) is 21.2 Å². The Morgan fingerprint density at radius 3 is 2.47 bits per heavy atom. The van der Waals surface area contributed by atoms with Crippen LogP contribution in [-0.4, -0.2) is 17.0 Å². The van der Waals surface area contributed by atoms with E-state index in [1.165, 1.54) is 0 Å². The number of carbonyl (C=O) groups excluding carboxylic acids is 1. The number of nitrogens with one attached hydrogen (secondary N) is 1. The van der Waals surface area contributed by atoms with Crippen LogP contribution in [0, 0.1) is 0 Å². The van der Waals surface area contributed by atoms with Gasteiger partial charge in [-0.2, -0.15) is 0 Å². The van der Waals surface area contributed by atoms with Crippen molar-refractivity contribution >= 4 is 33.5 Å². The topological polar surface area (TPSA) is 66.4 Å². The number of para-hydroxylation sites is 1. The molecule has 0 bridgehead atoms. The van der Waals surface area contributed by atoms with Gasteiger partial charge in [0.1, 0.15) is 0 Å². The fourth-order valence-electron chi connectivity index (χ4n) is 1.34. The van der Waals surface area contributed by atoms with E-state index in [1.54, 1.807) is 6.07 Å². The Labute approximate surface area is 108 Å². The van der Waals surface area contributed by atoms with Crippen molar-refractivity contribution in [1.29, 1.82) is 0 Å². The number of aliphatic carboxylic acids is 1. The first-order chi connectivity index (χ1) is 8.09. The third-order valence-electron chi connectivity index (χ3n) is 2.19. The Hall–Kier alpha value is -1.36. The normalized spacial score (nSPS) is 9.94. The Morgan fingerprint density at radius 2 is 1.82 bits per heavy atom. The number of hydrogen-bond acceptors (Lipinski definition) is 2. The summed E-state index contributed by atoms with van der Waals surface area (Å²) in [4.78, 5) is 21.8. The molecule has 0 spiro atoms. The van der Waals surface area contributed by atoms with Crippen molar-refractivity contribution in [3.8, 4) is 0 Å². The predicted molar refractivity (Wildman–Crippen MR) is 68.9 cm³/mol. The number of carboxylic acid groups (broad SMARTS) is 1. The minimum Gasteiger partial charge on any atom is -0.481 e. The van der Waals surface area contributed by atoms with Crippen LogP contribution in [0.5, 0.6) is 0 Å². The first kappa shape index (κ1) is 13.7. The summed E-state index contributed by atoms with van der Waals surface area (Å²) in [7, 11) is 0. The molecule has 4 nitrogen and oxygen atoms in total. The predicted octanol–water partition coefficient (Wildman–Crippen LogP) is 3.03. The second-order valence-electron chi connectivity index (χ2n) is 3.63. The van der Waals surface area contributed by atoms with Crippen LogP contribution in [0.3, 0.4) is 0 Å². The molecule has 1 aromatic carbocycles. The van der Waals surface area contributed by atoms with E-state index in [0.717, 1.165) is 10.2 Å². The van der Waals surface area contributed by atoms with Gasteiger partial charge in [-0.05, 0) is 40.9 Å². The average Bonchev–Trinajstić information content (AvgIpc) is 2.27. The van der Waals surface area contributed by atoms with Crippen LogP contribution in [0.25, 0.3) is 0 Å². The molecule has 0 aromatic heterocycles. The molecular weight excluding hydrogens is 286 g/mol. The molecule has 0 saturated heterocycles. The maximum Gasteiger partial charge on any atom is 0.303 e. The van der Waals surface area contributed by atoms with Crippen molar-refractivity contribution < 1.29 is 14.7 Å². The number of amides is 1. The summed E-state index contributed by atoms with van der Waals surface area (Å²) in [5.41, 5.74) is 0.732. The molecular formula is C12H14BrNO3. The van der Waals surface area contributed by atoms with Gasteiger partial charge in [0, 0.05) is 17.3 Å². The molecule has 17 heavy (non-hydrogen) atoms. The lowest BCUT2D eigenvalue weighted by atomic mass is 10.2. The molecule has 0 aliphatic rings. The first-order valence-corrected chi connectivity index (χ1v) is 6.15. The number of carbonyl (C=O) groups is 2. The first-order valence-electron chi connectivity index (χ1n) is 5.36. The fraction of sp³-hybridized carbons (Fsp3) is 0.333. The second-order valence-corrected chi connectivity index (χ2v) is 4.48. The molecule has 1 amide bonds. The van der Waals surface area contributed by atoms with E-state index in [4.69, 9.17) is 5.11 Å². The maximum absolute atomic E-state index is 11.5. The molecule has 2 N–H and O–H groups in total. The quantitative estimate of drug-likeness (QED) is 0.794. The minimum absolute atomic E-state index is 0.0951. The van der Waals surface area contributed by atoms with Crippen molar-refractivity contribution in [1.82, 2.24) is 0 Å². The number of benzene rings is 1. The van der Waals surface area contributed by atoms with Gasteiger partial charge in [0.2, 0.25) is 5.91 Å². The summed E-state index contributed by atoms with van der Waals surface area (Å²) < 4.78 is 0.832. The summed E-state index contributed by atoms with van der Waals surface area (Å²) in [6.45, 7) is 0. The highest BCUT2D eigenvalue weighted by atomic mass is 79.9. The minimum atomic E-state index is -0.823. The van der Waals surface area contributed by atoms with Crippen molar-refractivity contribution in [3.05, 3.63) is 28.7 Å². The van der Waals surface area contributed by atoms with Crippen molar-refractivity contribution in [2.24, 2.45) is 0 Å². The molecule has 0 radical (unpaired) electrons. The molecule has 92 valence electrons. The zero-order valence-corrected chi connectivity index (χ0v) is 10.9. The van der Waals surface area contributed by atoms with Gasteiger partial charge in [0.25, 0.3) is 0 Å². The highest BCUT2D eigenvalue weighted by Crippen LogP contribution is 2.21. The Kier molecular flexibility index (Phi) is 5.69. The van der Waals surface area contributed by atoms with E-state index < -0.39 is 5.97 Å². The number of carboxylic acids is 1. The van der Waals surface area contributed by atoms with Crippen LogP contribution in [0.15, 0.2) is 28.7 Å². The zero-order valence-electron chi connectivity index (χ0n) is 9.28. The SMILES string of the molecule is O=C(O)CCCCC(=O)Nc1ccccc1Br. The third-order valence-corrected chi connectivity index (χ3v) is 2.88. The standard InChI is InChI=1S/C12H14BrNO3/c13-9-5-1-2-6-10(9)14-11(15)7-3-4-8-12(16)17/h1-2,5-6H,3-4,7-8H2,(H,14,15)(H,16,17). The van der Waals surface area contributed by atoms with E-state index in [1.807, 2.05) is 18.2 Å². The number of anilines is 1. The Bertz CT molecular complexity index is 406. The van der Waals surface area contributed by atoms with E-state index in [9.17, 15) is 9.59 Å². The summed E-state index contributed by atoms with van der Waals surface area (Å²) in [6.07, 6.45) is 1.57. The number of unbranched alkanes of at least 4 members (excludes halogenated alkanes) is 1. The summed E-state index contributed by atoms with van der Waals surface area (Å²) in [5.74, 6) is -0.918. The van der Waals surface area contributed by atoms with Gasteiger partial charge in [0.05, 0.1) is 5.69 Å². The summed E-state index contributed by atoms with van der Waals surface area (Å²) in [5, 5.41) is 11.2. The molecule has 0 aliphatic carbocycles. The van der Waals surface area contributed by atoms with E-state index in [0.29, 0.717) is 19.3 Å². The highest BCUT2D eigenvalue weighted by molar-refractivity contribution is 9.10. The van der Waals surface area contributed by atoms with Gasteiger partial charge in [-0.25, -0.2) is 0 Å². The van der Waals surface area contributed by atoms with Crippen molar-refractivity contribution in [2.45, 2.75) is 25.7 Å².